The van der Waals surface area contributed by atoms with Crippen LogP contribution in [0.15, 0.2) is 87.8 Å². The van der Waals surface area contributed by atoms with Crippen molar-refractivity contribution in [1.29, 1.82) is 0 Å². The second-order valence-corrected chi connectivity index (χ2v) is 7.42. The molecule has 3 heteroatoms. The lowest BCUT2D eigenvalue weighted by Crippen LogP contribution is -1.90. The van der Waals surface area contributed by atoms with Gasteiger partial charge in [-0.2, -0.15) is 0 Å². The highest BCUT2D eigenvalue weighted by Gasteiger charge is 2.10. The van der Waals surface area contributed by atoms with Gasteiger partial charge in [-0.05, 0) is 47.5 Å². The van der Waals surface area contributed by atoms with E-state index in [1.807, 2.05) is 24.3 Å². The van der Waals surface area contributed by atoms with Gasteiger partial charge in [0.05, 0.1) is 11.2 Å². The number of fused-ring (bicyclic) bond motifs is 1. The molecule has 0 radical (unpaired) electrons. The maximum atomic E-state index is 4.87. The normalized spacial score (nSPS) is 10.9. The van der Waals surface area contributed by atoms with Crippen LogP contribution in [0.3, 0.4) is 0 Å². The molecule has 0 amide bonds. The molecule has 4 aromatic rings. The number of aromatic nitrogens is 1. The molecule has 0 bridgehead atoms. The van der Waals surface area contributed by atoms with Gasteiger partial charge in [0.1, 0.15) is 0 Å². The summed E-state index contributed by atoms with van der Waals surface area (Å²) < 4.78 is 2.13. The summed E-state index contributed by atoms with van der Waals surface area (Å²) in [6.07, 6.45) is 0. The van der Waals surface area contributed by atoms with Gasteiger partial charge in [0.2, 0.25) is 0 Å². The zero-order valence-corrected chi connectivity index (χ0v) is 15.9. The Labute approximate surface area is 157 Å². The second kappa shape index (κ2) is 6.50. The fourth-order valence-electron chi connectivity index (χ4n) is 2.82. The van der Waals surface area contributed by atoms with Gasteiger partial charge in [-0.15, -0.1) is 0 Å². The molecule has 0 N–H and O–H groups in total. The maximum Gasteiger partial charge on any atom is 0.0716 e. The van der Waals surface area contributed by atoms with E-state index in [-0.39, 0.29) is 0 Å². The van der Waals surface area contributed by atoms with E-state index >= 15 is 0 Å². The summed E-state index contributed by atoms with van der Waals surface area (Å²) in [4.78, 5) is 4.87. The molecule has 0 unspecified atom stereocenters. The number of rotatable bonds is 2. The van der Waals surface area contributed by atoms with Crippen molar-refractivity contribution in [1.82, 2.24) is 4.98 Å². The van der Waals surface area contributed by atoms with Gasteiger partial charge in [0.15, 0.2) is 0 Å². The summed E-state index contributed by atoms with van der Waals surface area (Å²) in [6.45, 7) is 0. The van der Waals surface area contributed by atoms with Crippen molar-refractivity contribution in [2.24, 2.45) is 0 Å². The van der Waals surface area contributed by atoms with Crippen LogP contribution in [0.4, 0.5) is 0 Å². The Hall–Kier alpha value is -1.97. The molecule has 24 heavy (non-hydrogen) atoms. The van der Waals surface area contributed by atoms with Gasteiger partial charge >= 0.3 is 0 Å². The smallest absolute Gasteiger partial charge is 0.0716 e. The summed E-state index contributed by atoms with van der Waals surface area (Å²) in [5, 5.41) is 1.15. The lowest BCUT2D eigenvalue weighted by Gasteiger charge is -2.11. The quantitative estimate of drug-likeness (QED) is 0.325. The number of benzene rings is 3. The summed E-state index contributed by atoms with van der Waals surface area (Å²) in [5.41, 5.74) is 5.48. The first-order chi connectivity index (χ1) is 11.7. The van der Waals surface area contributed by atoms with Crippen LogP contribution in [0.1, 0.15) is 0 Å². The van der Waals surface area contributed by atoms with E-state index < -0.39 is 0 Å². The molecule has 1 heterocycles. The van der Waals surface area contributed by atoms with Crippen LogP contribution in [0.25, 0.3) is 33.3 Å². The molecule has 4 rings (SSSR count). The highest BCUT2D eigenvalue weighted by atomic mass is 79.9. The van der Waals surface area contributed by atoms with Gasteiger partial charge in [-0.3, -0.25) is 0 Å². The van der Waals surface area contributed by atoms with E-state index in [0.29, 0.717) is 0 Å². The summed E-state index contributed by atoms with van der Waals surface area (Å²) in [7, 11) is 0. The minimum atomic E-state index is 0.983. The van der Waals surface area contributed by atoms with Crippen molar-refractivity contribution in [3.63, 3.8) is 0 Å². The fourth-order valence-corrected chi connectivity index (χ4v) is 3.45. The Bertz CT molecular complexity index is 1010. The van der Waals surface area contributed by atoms with Crippen molar-refractivity contribution < 1.29 is 0 Å². The highest BCUT2D eigenvalue weighted by Crippen LogP contribution is 2.33. The van der Waals surface area contributed by atoms with Crippen LogP contribution in [-0.2, 0) is 0 Å². The number of halogens is 2. The Kier molecular flexibility index (Phi) is 4.21. The summed E-state index contributed by atoms with van der Waals surface area (Å²) in [6, 6.07) is 27.1. The molecule has 1 nitrogen and oxygen atoms in total. The Morgan fingerprint density at radius 3 is 2.08 bits per heavy atom. The van der Waals surface area contributed by atoms with E-state index in [1.165, 1.54) is 11.1 Å². The molecular weight excluding hydrogens is 426 g/mol. The third-order valence-corrected chi connectivity index (χ3v) is 5.02. The molecule has 0 atom stereocenters. The predicted octanol–water partition coefficient (Wildman–Crippen LogP) is 7.09. The summed E-state index contributed by atoms with van der Waals surface area (Å²) in [5.74, 6) is 0. The van der Waals surface area contributed by atoms with Crippen molar-refractivity contribution in [3.05, 3.63) is 87.8 Å². The molecule has 3 aromatic carbocycles. The van der Waals surface area contributed by atoms with Crippen molar-refractivity contribution in [2.75, 3.05) is 0 Å². The van der Waals surface area contributed by atoms with Crippen LogP contribution in [0.2, 0.25) is 0 Å². The summed E-state index contributed by atoms with van der Waals surface area (Å²) >= 11 is 7.07. The van der Waals surface area contributed by atoms with Crippen LogP contribution < -0.4 is 0 Å². The predicted molar refractivity (Wildman–Crippen MR) is 108 cm³/mol. The SMILES string of the molecule is Brc1ccc(-c2cc(-c3ccccc3)c3cc(Br)ccc3n2)cc1. The van der Waals surface area contributed by atoms with Gasteiger partial charge in [0.25, 0.3) is 0 Å². The monoisotopic (exact) mass is 437 g/mol. The molecular formula is C21H13Br2N. The molecule has 0 aliphatic heterocycles. The third kappa shape index (κ3) is 3.02. The molecule has 0 aliphatic rings. The first-order valence-corrected chi connectivity index (χ1v) is 9.21. The minimum Gasteiger partial charge on any atom is -0.248 e. The van der Waals surface area contributed by atoms with Crippen molar-refractivity contribution in [2.45, 2.75) is 0 Å². The molecule has 0 fully saturated rings. The number of hydrogen-bond donors (Lipinski definition) is 0. The lowest BCUT2D eigenvalue weighted by atomic mass is 9.98. The number of nitrogens with zero attached hydrogens (tertiary/aromatic N) is 1. The first kappa shape index (κ1) is 15.6. The Balaban J connectivity index is 2.00. The molecule has 0 spiro atoms. The van der Waals surface area contributed by atoms with E-state index in [0.717, 1.165) is 31.1 Å². The standard InChI is InChI=1S/C21H13Br2N/c22-16-8-6-15(7-9-16)21-13-18(14-4-2-1-3-5-14)19-12-17(23)10-11-20(19)24-21/h1-13H. The molecule has 0 aliphatic carbocycles. The van der Waals surface area contributed by atoms with Crippen molar-refractivity contribution >= 4 is 42.8 Å². The first-order valence-electron chi connectivity index (χ1n) is 7.62. The van der Waals surface area contributed by atoms with Crippen LogP contribution in [0.5, 0.6) is 0 Å². The highest BCUT2D eigenvalue weighted by molar-refractivity contribution is 9.10. The van der Waals surface area contributed by atoms with Gasteiger partial charge in [-0.1, -0.05) is 74.3 Å². The minimum absolute atomic E-state index is 0.983. The Morgan fingerprint density at radius 2 is 1.33 bits per heavy atom. The van der Waals surface area contributed by atoms with Crippen LogP contribution in [0, 0.1) is 0 Å². The Morgan fingerprint density at radius 1 is 0.625 bits per heavy atom. The largest absolute Gasteiger partial charge is 0.248 e. The van der Waals surface area contributed by atoms with E-state index in [1.54, 1.807) is 0 Å². The fraction of sp³-hybridized carbons (Fsp3) is 0. The van der Waals surface area contributed by atoms with Gasteiger partial charge in [-0.25, -0.2) is 4.98 Å². The van der Waals surface area contributed by atoms with Crippen molar-refractivity contribution in [3.8, 4) is 22.4 Å². The van der Waals surface area contributed by atoms with Crippen LogP contribution >= 0.6 is 31.9 Å². The van der Waals surface area contributed by atoms with Gasteiger partial charge < -0.3 is 0 Å². The molecule has 116 valence electrons. The number of pyridine rings is 1. The van der Waals surface area contributed by atoms with E-state index in [9.17, 15) is 0 Å². The van der Waals surface area contributed by atoms with E-state index in [2.05, 4.69) is 86.5 Å². The topological polar surface area (TPSA) is 12.9 Å². The van der Waals surface area contributed by atoms with Gasteiger partial charge in [0, 0.05) is 19.9 Å². The van der Waals surface area contributed by atoms with Crippen LogP contribution in [-0.4, -0.2) is 4.98 Å². The zero-order valence-electron chi connectivity index (χ0n) is 12.7. The maximum absolute atomic E-state index is 4.87. The lowest BCUT2D eigenvalue weighted by molar-refractivity contribution is 1.39. The molecule has 0 saturated carbocycles. The number of hydrogen-bond acceptors (Lipinski definition) is 1. The molecule has 1 aromatic heterocycles. The third-order valence-electron chi connectivity index (χ3n) is 4.00. The second-order valence-electron chi connectivity index (χ2n) is 5.59. The average molecular weight is 439 g/mol. The average Bonchev–Trinajstić information content (AvgIpc) is 2.62. The molecule has 0 saturated heterocycles. The van der Waals surface area contributed by atoms with E-state index in [4.69, 9.17) is 4.98 Å². The zero-order chi connectivity index (χ0) is 16.5.